The van der Waals surface area contributed by atoms with Crippen molar-refractivity contribution in [1.29, 1.82) is 0 Å². The van der Waals surface area contributed by atoms with Crippen LogP contribution in [-0.4, -0.2) is 38.4 Å². The first-order valence-electron chi connectivity index (χ1n) is 8.09. The van der Waals surface area contributed by atoms with Crippen LogP contribution < -0.4 is 9.64 Å². The van der Waals surface area contributed by atoms with Crippen LogP contribution in [0.3, 0.4) is 0 Å². The number of hydrogen-bond acceptors (Lipinski definition) is 6. The average molecular weight is 361 g/mol. The number of H-pyrrole nitrogens is 1. The molecular weight excluding hydrogens is 346 g/mol. The van der Waals surface area contributed by atoms with Gasteiger partial charge in [0.15, 0.2) is 5.65 Å². The molecule has 0 aliphatic rings. The summed E-state index contributed by atoms with van der Waals surface area (Å²) in [4.78, 5) is 21.9. The molecule has 0 aliphatic heterocycles. The van der Waals surface area contributed by atoms with Crippen molar-refractivity contribution >= 4 is 34.3 Å². The van der Waals surface area contributed by atoms with Gasteiger partial charge in [0.2, 0.25) is 5.95 Å². The normalized spacial score (nSPS) is 10.7. The van der Waals surface area contributed by atoms with Gasteiger partial charge in [0.25, 0.3) is 0 Å². The smallest absolute Gasteiger partial charge is 0.335 e. The molecule has 8 nitrogen and oxygen atoms in total. The van der Waals surface area contributed by atoms with Crippen molar-refractivity contribution in [2.24, 2.45) is 0 Å². The molecule has 4 aromatic rings. The number of fused-ring (bicyclic) bond motifs is 1. The lowest BCUT2D eigenvalue weighted by atomic mass is 10.2. The zero-order valence-corrected chi connectivity index (χ0v) is 14.3. The van der Waals surface area contributed by atoms with E-state index in [2.05, 4.69) is 20.2 Å². The molecule has 134 valence electrons. The van der Waals surface area contributed by atoms with Gasteiger partial charge in [-0.2, -0.15) is 10.1 Å². The number of benzene rings is 2. The summed E-state index contributed by atoms with van der Waals surface area (Å²) in [5.74, 6) is 0.178. The fraction of sp³-hybridized carbons (Fsp3) is 0.0526. The number of carboxylic acid groups (broad SMARTS) is 1. The number of ether oxygens (including phenoxy) is 1. The van der Waals surface area contributed by atoms with Crippen LogP contribution in [0.4, 0.5) is 17.3 Å². The van der Waals surface area contributed by atoms with Crippen LogP contribution in [0.2, 0.25) is 0 Å². The average Bonchev–Trinajstić information content (AvgIpc) is 3.17. The second-order valence-electron chi connectivity index (χ2n) is 5.73. The van der Waals surface area contributed by atoms with Gasteiger partial charge in [-0.25, -0.2) is 9.78 Å². The van der Waals surface area contributed by atoms with E-state index in [0.29, 0.717) is 11.6 Å². The molecular formula is C19H15N5O3. The molecule has 27 heavy (non-hydrogen) atoms. The van der Waals surface area contributed by atoms with Gasteiger partial charge in [0.1, 0.15) is 5.75 Å². The highest BCUT2D eigenvalue weighted by molar-refractivity contribution is 5.88. The summed E-state index contributed by atoms with van der Waals surface area (Å²) in [7, 11) is 1.60. The van der Waals surface area contributed by atoms with Gasteiger partial charge in [-0.05, 0) is 48.5 Å². The SMILES string of the molecule is COc1ccc(N(c2ccc(C(=O)O)cc2)c2ncc3cn[nH]c3n2)cc1. The van der Waals surface area contributed by atoms with Gasteiger partial charge in [0, 0.05) is 17.6 Å². The van der Waals surface area contributed by atoms with E-state index in [0.717, 1.165) is 22.5 Å². The van der Waals surface area contributed by atoms with Crippen molar-refractivity contribution < 1.29 is 14.6 Å². The van der Waals surface area contributed by atoms with E-state index in [4.69, 9.17) is 9.84 Å². The lowest BCUT2D eigenvalue weighted by molar-refractivity contribution is 0.0697. The van der Waals surface area contributed by atoms with Crippen molar-refractivity contribution in [2.45, 2.75) is 0 Å². The van der Waals surface area contributed by atoms with Gasteiger partial charge >= 0.3 is 5.97 Å². The maximum Gasteiger partial charge on any atom is 0.335 e. The number of hydrogen-bond donors (Lipinski definition) is 2. The molecule has 2 aromatic heterocycles. The molecule has 2 aromatic carbocycles. The third-order valence-corrected chi connectivity index (χ3v) is 4.08. The standard InChI is InChI=1S/C19H15N5O3/c1-27-16-8-6-15(7-9-16)24(14-4-2-12(3-5-14)18(25)26)19-20-10-13-11-21-23-17(13)22-19/h2-11H,1H3,(H,25,26)(H,20,21,22,23). The quantitative estimate of drug-likeness (QED) is 0.560. The van der Waals surface area contributed by atoms with Crippen LogP contribution in [0.25, 0.3) is 11.0 Å². The number of nitrogens with one attached hydrogen (secondary N) is 1. The van der Waals surface area contributed by atoms with E-state index in [1.54, 1.807) is 43.8 Å². The number of aromatic nitrogens is 4. The van der Waals surface area contributed by atoms with Crippen LogP contribution in [-0.2, 0) is 0 Å². The van der Waals surface area contributed by atoms with E-state index in [-0.39, 0.29) is 5.56 Å². The Labute approximate surface area is 154 Å². The molecule has 8 heteroatoms. The van der Waals surface area contributed by atoms with Crippen molar-refractivity contribution in [3.05, 3.63) is 66.5 Å². The zero-order chi connectivity index (χ0) is 18.8. The maximum atomic E-state index is 11.1. The predicted molar refractivity (Wildman–Crippen MR) is 99.9 cm³/mol. The Balaban J connectivity index is 1.83. The molecule has 4 rings (SSSR count). The minimum Gasteiger partial charge on any atom is -0.497 e. The first-order valence-corrected chi connectivity index (χ1v) is 8.09. The van der Waals surface area contributed by atoms with Crippen LogP contribution in [0.1, 0.15) is 10.4 Å². The second-order valence-corrected chi connectivity index (χ2v) is 5.73. The number of methoxy groups -OCH3 is 1. The van der Waals surface area contributed by atoms with Crippen LogP contribution in [0, 0.1) is 0 Å². The molecule has 0 amide bonds. The lowest BCUT2D eigenvalue weighted by Crippen LogP contribution is -2.13. The monoisotopic (exact) mass is 361 g/mol. The molecule has 2 N–H and O–H groups in total. The maximum absolute atomic E-state index is 11.1. The molecule has 0 radical (unpaired) electrons. The first kappa shape index (κ1) is 16.5. The third-order valence-electron chi connectivity index (χ3n) is 4.08. The minimum atomic E-state index is -0.979. The number of carboxylic acids is 1. The van der Waals surface area contributed by atoms with Crippen molar-refractivity contribution in [3.63, 3.8) is 0 Å². The molecule has 0 saturated heterocycles. The van der Waals surface area contributed by atoms with Crippen LogP contribution in [0.15, 0.2) is 60.9 Å². The summed E-state index contributed by atoms with van der Waals surface area (Å²) in [6, 6.07) is 14.0. The Morgan fingerprint density at radius 1 is 1.04 bits per heavy atom. The van der Waals surface area contributed by atoms with Gasteiger partial charge in [-0.1, -0.05) is 0 Å². The van der Waals surface area contributed by atoms with Gasteiger partial charge in [0.05, 0.1) is 24.3 Å². The fourth-order valence-electron chi connectivity index (χ4n) is 2.70. The number of anilines is 3. The van der Waals surface area contributed by atoms with E-state index < -0.39 is 5.97 Å². The largest absolute Gasteiger partial charge is 0.497 e. The summed E-state index contributed by atoms with van der Waals surface area (Å²) >= 11 is 0. The molecule has 0 aliphatic carbocycles. The molecule has 0 bridgehead atoms. The highest BCUT2D eigenvalue weighted by Crippen LogP contribution is 2.33. The van der Waals surface area contributed by atoms with Crippen molar-refractivity contribution in [1.82, 2.24) is 20.2 Å². The molecule has 2 heterocycles. The Kier molecular flexibility index (Phi) is 4.13. The Morgan fingerprint density at radius 2 is 1.70 bits per heavy atom. The topological polar surface area (TPSA) is 104 Å². The third kappa shape index (κ3) is 3.15. The minimum absolute atomic E-state index is 0.207. The fourth-order valence-corrected chi connectivity index (χ4v) is 2.70. The number of carbonyl (C=O) groups is 1. The van der Waals surface area contributed by atoms with Crippen molar-refractivity contribution in [2.75, 3.05) is 12.0 Å². The number of nitrogens with zero attached hydrogens (tertiary/aromatic N) is 4. The Morgan fingerprint density at radius 3 is 2.33 bits per heavy atom. The van der Waals surface area contributed by atoms with E-state index in [9.17, 15) is 4.79 Å². The molecule has 0 atom stereocenters. The Hall–Kier alpha value is -3.94. The predicted octanol–water partition coefficient (Wildman–Crippen LogP) is 3.53. The van der Waals surface area contributed by atoms with E-state index >= 15 is 0 Å². The summed E-state index contributed by atoms with van der Waals surface area (Å²) in [6.45, 7) is 0. The van der Waals surface area contributed by atoms with Crippen molar-refractivity contribution in [3.8, 4) is 5.75 Å². The van der Waals surface area contributed by atoms with Crippen LogP contribution in [0.5, 0.6) is 5.75 Å². The summed E-state index contributed by atoms with van der Waals surface area (Å²) < 4.78 is 5.22. The lowest BCUT2D eigenvalue weighted by Gasteiger charge is -2.23. The Bertz CT molecular complexity index is 1090. The van der Waals surface area contributed by atoms with Gasteiger partial charge in [-0.3, -0.25) is 10.00 Å². The van der Waals surface area contributed by atoms with Crippen LogP contribution >= 0.6 is 0 Å². The summed E-state index contributed by atoms with van der Waals surface area (Å²) in [6.07, 6.45) is 3.34. The van der Waals surface area contributed by atoms with Gasteiger partial charge < -0.3 is 9.84 Å². The molecule has 0 fully saturated rings. The molecule has 0 unspecified atom stereocenters. The highest BCUT2D eigenvalue weighted by Gasteiger charge is 2.17. The first-order chi connectivity index (χ1) is 13.2. The number of aromatic carboxylic acids is 1. The molecule has 0 saturated carbocycles. The van der Waals surface area contributed by atoms with E-state index in [1.807, 2.05) is 29.2 Å². The molecule has 0 spiro atoms. The second kappa shape index (κ2) is 6.75. The van der Waals surface area contributed by atoms with E-state index in [1.165, 1.54) is 0 Å². The number of aromatic amines is 1. The summed E-state index contributed by atoms with van der Waals surface area (Å²) in [5, 5.41) is 16.7. The highest BCUT2D eigenvalue weighted by atomic mass is 16.5. The zero-order valence-electron chi connectivity index (χ0n) is 14.3. The van der Waals surface area contributed by atoms with Gasteiger partial charge in [-0.15, -0.1) is 0 Å². The summed E-state index contributed by atoms with van der Waals surface area (Å²) in [5.41, 5.74) is 2.35. The number of rotatable bonds is 5.